The number of likely N-dealkylation sites (N-methyl/N-ethyl adjacent to an activating group) is 1. The molecule has 1 heterocycles. The van der Waals surface area contributed by atoms with Crippen molar-refractivity contribution in [3.05, 3.63) is 23.5 Å². The van der Waals surface area contributed by atoms with E-state index >= 15 is 0 Å². The van der Waals surface area contributed by atoms with Gasteiger partial charge in [-0.05, 0) is 44.4 Å². The lowest BCUT2D eigenvalue weighted by Crippen LogP contribution is -2.26. The van der Waals surface area contributed by atoms with Crippen LogP contribution in [0.15, 0.2) is 12.4 Å². The van der Waals surface area contributed by atoms with E-state index in [2.05, 4.69) is 23.0 Å². The number of aryl methyl sites for hydroxylation is 1. The van der Waals surface area contributed by atoms with Crippen LogP contribution in [0, 0.1) is 0 Å². The van der Waals surface area contributed by atoms with Gasteiger partial charge in [-0.2, -0.15) is 0 Å². The topological polar surface area (TPSA) is 46.1 Å². The number of fused-ring (bicyclic) bond motifs is 1. The molecule has 2 N–H and O–H groups in total. The van der Waals surface area contributed by atoms with E-state index in [0.29, 0.717) is 19.1 Å². The van der Waals surface area contributed by atoms with Crippen LogP contribution in [0.4, 0.5) is 0 Å². The van der Waals surface area contributed by atoms with E-state index in [9.17, 15) is 4.79 Å². The highest BCUT2D eigenvalue weighted by molar-refractivity contribution is 5.75. The summed E-state index contributed by atoms with van der Waals surface area (Å²) in [6.07, 6.45) is 7.78. The third kappa shape index (κ3) is 2.69. The van der Waals surface area contributed by atoms with Crippen LogP contribution in [0.1, 0.15) is 36.9 Å². The largest absolute Gasteiger partial charge is 0.355 e. The highest BCUT2D eigenvalue weighted by atomic mass is 16.1. The molecule has 0 aliphatic heterocycles. The van der Waals surface area contributed by atoms with Crippen LogP contribution in [0.2, 0.25) is 0 Å². The summed E-state index contributed by atoms with van der Waals surface area (Å²) in [5.74, 6) is 0.0841. The molecule has 4 nitrogen and oxygen atoms in total. The van der Waals surface area contributed by atoms with Gasteiger partial charge in [0.1, 0.15) is 6.54 Å². The molecular weight excluding hydrogens is 214 g/mol. The van der Waals surface area contributed by atoms with Gasteiger partial charge in [-0.3, -0.25) is 4.79 Å². The van der Waals surface area contributed by atoms with Crippen molar-refractivity contribution < 1.29 is 4.79 Å². The summed E-state index contributed by atoms with van der Waals surface area (Å²) in [5, 5.41) is 6.16. The zero-order valence-electron chi connectivity index (χ0n) is 10.6. The molecule has 1 aliphatic carbocycles. The number of rotatable bonds is 4. The van der Waals surface area contributed by atoms with E-state index in [4.69, 9.17) is 0 Å². The van der Waals surface area contributed by atoms with Gasteiger partial charge in [0.25, 0.3) is 0 Å². The lowest BCUT2D eigenvalue weighted by molar-refractivity contribution is -0.121. The van der Waals surface area contributed by atoms with Crippen LogP contribution in [0.3, 0.4) is 0 Å². The minimum atomic E-state index is 0.0841. The Balaban J connectivity index is 2.11. The molecule has 2 rings (SSSR count). The predicted octanol–water partition coefficient (Wildman–Crippen LogP) is 1.22. The van der Waals surface area contributed by atoms with Gasteiger partial charge in [0.2, 0.25) is 5.91 Å². The van der Waals surface area contributed by atoms with Gasteiger partial charge >= 0.3 is 0 Å². The maximum Gasteiger partial charge on any atom is 0.239 e. The second-order valence-corrected chi connectivity index (χ2v) is 4.60. The van der Waals surface area contributed by atoms with E-state index in [1.54, 1.807) is 0 Å². The number of hydrogen-bond donors (Lipinski definition) is 2. The number of amides is 1. The van der Waals surface area contributed by atoms with Crippen LogP contribution < -0.4 is 10.6 Å². The molecule has 1 atom stereocenters. The molecule has 4 heteroatoms. The maximum absolute atomic E-state index is 11.5. The van der Waals surface area contributed by atoms with Crippen LogP contribution in [0.25, 0.3) is 0 Å². The molecule has 0 aromatic carbocycles. The molecule has 0 bridgehead atoms. The standard InChI is InChI=1S/C13H21N3O/c1-3-15-13(17)9-16-7-10-5-4-6-12(14-2)11(10)8-16/h7-8,12,14H,3-6,9H2,1-2H3,(H,15,17). The summed E-state index contributed by atoms with van der Waals surface area (Å²) >= 11 is 0. The van der Waals surface area contributed by atoms with E-state index in [0.717, 1.165) is 6.42 Å². The average molecular weight is 235 g/mol. The van der Waals surface area contributed by atoms with Crippen LogP contribution in [-0.4, -0.2) is 24.1 Å². The number of aromatic nitrogens is 1. The van der Waals surface area contributed by atoms with E-state index < -0.39 is 0 Å². The lowest BCUT2D eigenvalue weighted by atomic mass is 9.91. The second kappa shape index (κ2) is 5.36. The van der Waals surface area contributed by atoms with E-state index in [-0.39, 0.29) is 5.91 Å². The van der Waals surface area contributed by atoms with Gasteiger partial charge in [0.15, 0.2) is 0 Å². The second-order valence-electron chi connectivity index (χ2n) is 4.60. The van der Waals surface area contributed by atoms with E-state index in [1.165, 1.54) is 24.0 Å². The quantitative estimate of drug-likeness (QED) is 0.824. The van der Waals surface area contributed by atoms with Crippen molar-refractivity contribution >= 4 is 5.91 Å². The van der Waals surface area contributed by atoms with Crippen molar-refractivity contribution in [2.45, 2.75) is 38.8 Å². The fraction of sp³-hybridized carbons (Fsp3) is 0.615. The van der Waals surface area contributed by atoms with E-state index in [1.807, 2.05) is 18.5 Å². The Morgan fingerprint density at radius 3 is 3.06 bits per heavy atom. The molecule has 0 saturated carbocycles. The van der Waals surface area contributed by atoms with Crippen LogP contribution in [-0.2, 0) is 17.8 Å². The van der Waals surface area contributed by atoms with Crippen LogP contribution >= 0.6 is 0 Å². The fourth-order valence-corrected chi connectivity index (χ4v) is 2.56. The Morgan fingerprint density at radius 1 is 1.53 bits per heavy atom. The van der Waals surface area contributed by atoms with Crippen molar-refractivity contribution in [1.82, 2.24) is 15.2 Å². The van der Waals surface area contributed by atoms with Gasteiger partial charge < -0.3 is 15.2 Å². The predicted molar refractivity (Wildman–Crippen MR) is 67.9 cm³/mol. The molecule has 1 aromatic rings. The van der Waals surface area contributed by atoms with Gasteiger partial charge in [-0.15, -0.1) is 0 Å². The molecule has 94 valence electrons. The zero-order valence-corrected chi connectivity index (χ0v) is 10.6. The number of nitrogens with one attached hydrogen (secondary N) is 2. The minimum absolute atomic E-state index is 0.0841. The first-order chi connectivity index (χ1) is 8.24. The van der Waals surface area contributed by atoms with Gasteiger partial charge in [0, 0.05) is 25.0 Å². The molecule has 0 radical (unpaired) electrons. The summed E-state index contributed by atoms with van der Waals surface area (Å²) in [6.45, 7) is 3.06. The average Bonchev–Trinajstić information content (AvgIpc) is 2.70. The number of carbonyl (C=O) groups is 1. The van der Waals surface area contributed by atoms with Gasteiger partial charge in [0.05, 0.1) is 0 Å². The Morgan fingerprint density at radius 2 is 2.35 bits per heavy atom. The molecule has 17 heavy (non-hydrogen) atoms. The molecule has 0 saturated heterocycles. The number of nitrogens with zero attached hydrogens (tertiary/aromatic N) is 1. The van der Waals surface area contributed by atoms with Crippen LogP contribution in [0.5, 0.6) is 0 Å². The first kappa shape index (κ1) is 12.2. The number of carbonyl (C=O) groups excluding carboxylic acids is 1. The van der Waals surface area contributed by atoms with Crippen molar-refractivity contribution in [3.8, 4) is 0 Å². The van der Waals surface area contributed by atoms with Crippen molar-refractivity contribution in [1.29, 1.82) is 0 Å². The first-order valence-corrected chi connectivity index (χ1v) is 6.37. The molecule has 0 spiro atoms. The molecule has 1 aliphatic rings. The molecular formula is C13H21N3O. The SMILES string of the molecule is CCNC(=O)Cn1cc2c(c1)C(NC)CCC2. The van der Waals surface area contributed by atoms with Gasteiger partial charge in [-0.1, -0.05) is 0 Å². The minimum Gasteiger partial charge on any atom is -0.355 e. The molecule has 0 fully saturated rings. The Kier molecular flexibility index (Phi) is 3.84. The summed E-state index contributed by atoms with van der Waals surface area (Å²) < 4.78 is 2.01. The lowest BCUT2D eigenvalue weighted by Gasteiger charge is -2.21. The molecule has 1 unspecified atom stereocenters. The summed E-state index contributed by atoms with van der Waals surface area (Å²) in [4.78, 5) is 11.5. The number of hydrogen-bond acceptors (Lipinski definition) is 2. The maximum atomic E-state index is 11.5. The summed E-state index contributed by atoms with van der Waals surface area (Å²) in [5.41, 5.74) is 2.75. The third-order valence-corrected chi connectivity index (χ3v) is 3.36. The fourth-order valence-electron chi connectivity index (χ4n) is 2.56. The smallest absolute Gasteiger partial charge is 0.239 e. The third-order valence-electron chi connectivity index (χ3n) is 3.36. The highest BCUT2D eigenvalue weighted by Crippen LogP contribution is 2.29. The Labute approximate surface area is 102 Å². The monoisotopic (exact) mass is 235 g/mol. The highest BCUT2D eigenvalue weighted by Gasteiger charge is 2.20. The molecule has 1 aromatic heterocycles. The first-order valence-electron chi connectivity index (χ1n) is 6.37. The molecule has 1 amide bonds. The van der Waals surface area contributed by atoms with Crippen molar-refractivity contribution in [2.24, 2.45) is 0 Å². The Hall–Kier alpha value is -1.29. The van der Waals surface area contributed by atoms with Crippen molar-refractivity contribution in [2.75, 3.05) is 13.6 Å². The zero-order chi connectivity index (χ0) is 12.3. The van der Waals surface area contributed by atoms with Gasteiger partial charge in [-0.25, -0.2) is 0 Å². The summed E-state index contributed by atoms with van der Waals surface area (Å²) in [7, 11) is 2.00. The summed E-state index contributed by atoms with van der Waals surface area (Å²) in [6, 6.07) is 0.453. The van der Waals surface area contributed by atoms with Crippen molar-refractivity contribution in [3.63, 3.8) is 0 Å². The Bertz CT molecular complexity index is 397. The normalized spacial score (nSPS) is 18.8.